The number of hydrogen-bond acceptors (Lipinski definition) is 5. The van der Waals surface area contributed by atoms with E-state index in [2.05, 4.69) is 20.6 Å². The number of nitrogens with one attached hydrogen (secondary N) is 2. The molecule has 2 rings (SSSR count). The van der Waals surface area contributed by atoms with Gasteiger partial charge in [0.15, 0.2) is 0 Å². The predicted molar refractivity (Wildman–Crippen MR) is 63.6 cm³/mol. The third-order valence-corrected chi connectivity index (χ3v) is 2.59. The molecular formula is C11H18N4O. The molecule has 0 saturated carbocycles. The highest BCUT2D eigenvalue weighted by Crippen LogP contribution is 2.13. The fourth-order valence-electron chi connectivity index (χ4n) is 1.71. The van der Waals surface area contributed by atoms with Crippen molar-refractivity contribution in [1.82, 2.24) is 9.97 Å². The third-order valence-electron chi connectivity index (χ3n) is 2.59. The van der Waals surface area contributed by atoms with Crippen LogP contribution >= 0.6 is 0 Å². The first-order valence-corrected chi connectivity index (χ1v) is 5.76. The lowest BCUT2D eigenvalue weighted by Gasteiger charge is -2.10. The summed E-state index contributed by atoms with van der Waals surface area (Å²) in [4.78, 5) is 8.53. The van der Waals surface area contributed by atoms with E-state index in [1.165, 1.54) is 0 Å². The second kappa shape index (κ2) is 5.65. The highest BCUT2D eigenvalue weighted by atomic mass is 16.5. The van der Waals surface area contributed by atoms with Crippen molar-refractivity contribution < 1.29 is 4.74 Å². The van der Waals surface area contributed by atoms with Crippen LogP contribution in [0.15, 0.2) is 12.4 Å². The van der Waals surface area contributed by atoms with E-state index in [0.717, 1.165) is 44.4 Å². The van der Waals surface area contributed by atoms with Crippen LogP contribution in [-0.2, 0) is 4.74 Å². The third kappa shape index (κ3) is 3.06. The Bertz CT molecular complexity index is 326. The van der Waals surface area contributed by atoms with Crippen LogP contribution in [0.2, 0.25) is 0 Å². The monoisotopic (exact) mass is 222 g/mol. The van der Waals surface area contributed by atoms with Crippen LogP contribution in [0.3, 0.4) is 0 Å². The van der Waals surface area contributed by atoms with Crippen molar-refractivity contribution in [2.24, 2.45) is 5.92 Å². The molecule has 1 aliphatic heterocycles. The summed E-state index contributed by atoms with van der Waals surface area (Å²) < 4.78 is 5.32. The topological polar surface area (TPSA) is 59.1 Å². The standard InChI is InChI=1S/C11H18N4O/c1-2-13-10-6-12-7-11(15-10)14-5-9-3-4-16-8-9/h6-7,9H,2-5,8H2,1H3,(H2,13,14,15). The van der Waals surface area contributed by atoms with E-state index in [1.807, 2.05) is 6.92 Å². The van der Waals surface area contributed by atoms with E-state index in [0.29, 0.717) is 5.92 Å². The Morgan fingerprint density at radius 3 is 2.88 bits per heavy atom. The predicted octanol–water partition coefficient (Wildman–Crippen LogP) is 1.36. The summed E-state index contributed by atoms with van der Waals surface area (Å²) in [6.07, 6.45) is 4.61. The molecule has 0 amide bonds. The highest BCUT2D eigenvalue weighted by molar-refractivity contribution is 5.41. The molecule has 88 valence electrons. The molecule has 5 nitrogen and oxygen atoms in total. The Hall–Kier alpha value is -1.36. The molecule has 0 spiro atoms. The zero-order chi connectivity index (χ0) is 11.2. The molecule has 1 aromatic heterocycles. The second-order valence-corrected chi connectivity index (χ2v) is 3.93. The van der Waals surface area contributed by atoms with E-state index in [1.54, 1.807) is 12.4 Å². The van der Waals surface area contributed by atoms with Gasteiger partial charge in [0.25, 0.3) is 0 Å². The van der Waals surface area contributed by atoms with Crippen molar-refractivity contribution >= 4 is 11.6 Å². The van der Waals surface area contributed by atoms with Gasteiger partial charge in [0, 0.05) is 25.6 Å². The van der Waals surface area contributed by atoms with Gasteiger partial charge in [-0.25, -0.2) is 4.98 Å². The van der Waals surface area contributed by atoms with Gasteiger partial charge >= 0.3 is 0 Å². The number of hydrogen-bond donors (Lipinski definition) is 2. The molecule has 2 N–H and O–H groups in total. The van der Waals surface area contributed by atoms with Crippen molar-refractivity contribution in [3.63, 3.8) is 0 Å². The molecule has 0 radical (unpaired) electrons. The van der Waals surface area contributed by atoms with Gasteiger partial charge in [0.1, 0.15) is 11.6 Å². The molecular weight excluding hydrogens is 204 g/mol. The average Bonchev–Trinajstić information content (AvgIpc) is 2.80. The van der Waals surface area contributed by atoms with Gasteiger partial charge in [-0.2, -0.15) is 0 Å². The summed E-state index contributed by atoms with van der Waals surface area (Å²) in [6.45, 7) is 5.54. The minimum atomic E-state index is 0.601. The molecule has 1 aliphatic rings. The van der Waals surface area contributed by atoms with Gasteiger partial charge in [-0.3, -0.25) is 4.98 Å². The minimum absolute atomic E-state index is 0.601. The lowest BCUT2D eigenvalue weighted by atomic mass is 10.1. The van der Waals surface area contributed by atoms with Gasteiger partial charge in [-0.05, 0) is 13.3 Å². The largest absolute Gasteiger partial charge is 0.381 e. The van der Waals surface area contributed by atoms with Crippen LogP contribution in [0.25, 0.3) is 0 Å². The van der Waals surface area contributed by atoms with Crippen LogP contribution in [-0.4, -0.2) is 36.3 Å². The molecule has 1 saturated heterocycles. The second-order valence-electron chi connectivity index (χ2n) is 3.93. The average molecular weight is 222 g/mol. The molecule has 16 heavy (non-hydrogen) atoms. The molecule has 1 fully saturated rings. The first-order valence-electron chi connectivity index (χ1n) is 5.76. The Morgan fingerprint density at radius 2 is 2.19 bits per heavy atom. The number of aromatic nitrogens is 2. The molecule has 0 aliphatic carbocycles. The normalized spacial score (nSPS) is 19.7. The van der Waals surface area contributed by atoms with Crippen LogP contribution < -0.4 is 10.6 Å². The molecule has 0 bridgehead atoms. The van der Waals surface area contributed by atoms with Gasteiger partial charge in [-0.15, -0.1) is 0 Å². The Kier molecular flexibility index (Phi) is 3.93. The van der Waals surface area contributed by atoms with Crippen molar-refractivity contribution in [1.29, 1.82) is 0 Å². The maximum atomic E-state index is 5.32. The lowest BCUT2D eigenvalue weighted by molar-refractivity contribution is 0.187. The van der Waals surface area contributed by atoms with Crippen molar-refractivity contribution in [3.05, 3.63) is 12.4 Å². The Balaban J connectivity index is 1.85. The number of rotatable bonds is 5. The fourth-order valence-corrected chi connectivity index (χ4v) is 1.71. The highest BCUT2D eigenvalue weighted by Gasteiger charge is 2.15. The van der Waals surface area contributed by atoms with Crippen LogP contribution in [0.1, 0.15) is 13.3 Å². The molecule has 0 aromatic carbocycles. The first kappa shape index (κ1) is 11.1. The summed E-state index contributed by atoms with van der Waals surface area (Å²) in [7, 11) is 0. The molecule has 5 heteroatoms. The van der Waals surface area contributed by atoms with E-state index in [4.69, 9.17) is 4.74 Å². The van der Waals surface area contributed by atoms with Gasteiger partial charge < -0.3 is 15.4 Å². The first-order chi connectivity index (χ1) is 7.88. The maximum Gasteiger partial charge on any atom is 0.146 e. The minimum Gasteiger partial charge on any atom is -0.381 e. The Morgan fingerprint density at radius 1 is 1.38 bits per heavy atom. The molecule has 1 atom stereocenters. The van der Waals surface area contributed by atoms with E-state index >= 15 is 0 Å². The zero-order valence-electron chi connectivity index (χ0n) is 9.57. The van der Waals surface area contributed by atoms with Crippen LogP contribution in [0.4, 0.5) is 11.6 Å². The van der Waals surface area contributed by atoms with Crippen LogP contribution in [0.5, 0.6) is 0 Å². The van der Waals surface area contributed by atoms with E-state index in [9.17, 15) is 0 Å². The fraction of sp³-hybridized carbons (Fsp3) is 0.636. The van der Waals surface area contributed by atoms with Gasteiger partial charge in [0.05, 0.1) is 19.0 Å². The number of anilines is 2. The summed E-state index contributed by atoms with van der Waals surface area (Å²) in [5.74, 6) is 2.24. The van der Waals surface area contributed by atoms with E-state index < -0.39 is 0 Å². The summed E-state index contributed by atoms with van der Waals surface area (Å²) in [5, 5.41) is 6.43. The van der Waals surface area contributed by atoms with Gasteiger partial charge in [-0.1, -0.05) is 0 Å². The number of ether oxygens (including phenoxy) is 1. The quantitative estimate of drug-likeness (QED) is 0.787. The lowest BCUT2D eigenvalue weighted by Crippen LogP contribution is -2.15. The SMILES string of the molecule is CCNc1cncc(NCC2CCOC2)n1. The summed E-state index contributed by atoms with van der Waals surface area (Å²) >= 11 is 0. The van der Waals surface area contributed by atoms with E-state index in [-0.39, 0.29) is 0 Å². The van der Waals surface area contributed by atoms with Crippen molar-refractivity contribution in [2.45, 2.75) is 13.3 Å². The van der Waals surface area contributed by atoms with Gasteiger partial charge in [0.2, 0.25) is 0 Å². The van der Waals surface area contributed by atoms with Crippen molar-refractivity contribution in [3.8, 4) is 0 Å². The summed E-state index contributed by atoms with van der Waals surface area (Å²) in [6, 6.07) is 0. The van der Waals surface area contributed by atoms with Crippen molar-refractivity contribution in [2.75, 3.05) is 36.9 Å². The van der Waals surface area contributed by atoms with Crippen LogP contribution in [0, 0.1) is 5.92 Å². The Labute approximate surface area is 95.6 Å². The number of nitrogens with zero attached hydrogens (tertiary/aromatic N) is 2. The zero-order valence-corrected chi connectivity index (χ0v) is 9.57. The smallest absolute Gasteiger partial charge is 0.146 e. The molecule has 1 aromatic rings. The summed E-state index contributed by atoms with van der Waals surface area (Å²) in [5.41, 5.74) is 0. The molecule has 1 unspecified atom stereocenters. The maximum absolute atomic E-state index is 5.32. The molecule has 2 heterocycles.